The van der Waals surface area contributed by atoms with E-state index in [4.69, 9.17) is 5.84 Å². The second-order valence-corrected chi connectivity index (χ2v) is 1.57. The van der Waals surface area contributed by atoms with Gasteiger partial charge in [0.15, 0.2) is 6.29 Å². The molecule has 0 aromatic heterocycles. The van der Waals surface area contributed by atoms with Crippen LogP contribution in [0.5, 0.6) is 0 Å². The fraction of sp³-hybridized carbons (Fsp3) is 0.600. The Balaban J connectivity index is 3.06. The molecule has 0 saturated heterocycles. The zero-order valence-corrected chi connectivity index (χ0v) is 5.02. The maximum atomic E-state index is 10.3. The number of carbonyl (C=O) groups excluding carboxylic acids is 2. The molecular formula is C5H9N2O2. The van der Waals surface area contributed by atoms with Crippen molar-refractivity contribution in [2.24, 2.45) is 5.84 Å². The van der Waals surface area contributed by atoms with Gasteiger partial charge in [0.05, 0.1) is 0 Å². The van der Waals surface area contributed by atoms with Gasteiger partial charge in [0.2, 0.25) is 5.91 Å². The van der Waals surface area contributed by atoms with Gasteiger partial charge in [0.1, 0.15) is 0 Å². The molecule has 3 N–H and O–H groups in total. The number of carbonyl (C=O) groups is 1. The Labute approximate surface area is 53.4 Å². The van der Waals surface area contributed by atoms with Crippen LogP contribution in [0.15, 0.2) is 0 Å². The highest BCUT2D eigenvalue weighted by Crippen LogP contribution is 1.89. The Morgan fingerprint density at radius 1 is 1.67 bits per heavy atom. The molecule has 1 amide bonds. The third-order valence-electron chi connectivity index (χ3n) is 0.844. The third kappa shape index (κ3) is 4.96. The van der Waals surface area contributed by atoms with Crippen LogP contribution in [0.3, 0.4) is 0 Å². The van der Waals surface area contributed by atoms with Crippen LogP contribution in [0.25, 0.3) is 0 Å². The summed E-state index contributed by atoms with van der Waals surface area (Å²) < 4.78 is 0. The van der Waals surface area contributed by atoms with Crippen molar-refractivity contribution in [3.8, 4) is 0 Å². The molecule has 4 nitrogen and oxygen atoms in total. The van der Waals surface area contributed by atoms with E-state index in [-0.39, 0.29) is 5.91 Å². The number of amides is 1. The number of hydrogen-bond acceptors (Lipinski definition) is 3. The van der Waals surface area contributed by atoms with Crippen LogP contribution < -0.4 is 11.3 Å². The molecule has 0 aliphatic carbocycles. The normalized spacial score (nSPS) is 8.56. The van der Waals surface area contributed by atoms with Crippen LogP contribution in [-0.2, 0) is 9.59 Å². The highest BCUT2D eigenvalue weighted by Gasteiger charge is 1.95. The van der Waals surface area contributed by atoms with Crippen LogP contribution in [0, 0.1) is 0 Å². The first-order valence-corrected chi connectivity index (χ1v) is 2.65. The minimum absolute atomic E-state index is 0.245. The van der Waals surface area contributed by atoms with Gasteiger partial charge in [-0.2, -0.15) is 0 Å². The zero-order chi connectivity index (χ0) is 7.11. The Morgan fingerprint density at radius 2 is 2.33 bits per heavy atom. The van der Waals surface area contributed by atoms with E-state index in [0.717, 1.165) is 0 Å². The predicted molar refractivity (Wildman–Crippen MR) is 31.9 cm³/mol. The minimum atomic E-state index is -0.245. The van der Waals surface area contributed by atoms with E-state index < -0.39 is 0 Å². The van der Waals surface area contributed by atoms with Crippen LogP contribution in [0.1, 0.15) is 19.3 Å². The predicted octanol–water partition coefficient (Wildman–Crippen LogP) is -0.744. The van der Waals surface area contributed by atoms with E-state index in [1.54, 1.807) is 6.29 Å². The fourth-order valence-electron chi connectivity index (χ4n) is 0.393. The number of rotatable bonds is 4. The molecule has 0 aromatic rings. The second kappa shape index (κ2) is 5.24. The lowest BCUT2D eigenvalue weighted by Crippen LogP contribution is -2.29. The SMILES string of the molecule is NNC(=O)CCC[C]=O. The number of hydrogen-bond donors (Lipinski definition) is 2. The van der Waals surface area contributed by atoms with Gasteiger partial charge < -0.3 is 0 Å². The first-order valence-electron chi connectivity index (χ1n) is 2.65. The molecular weight excluding hydrogens is 120 g/mol. The van der Waals surface area contributed by atoms with E-state index in [2.05, 4.69) is 0 Å². The van der Waals surface area contributed by atoms with Gasteiger partial charge in [-0.1, -0.05) is 0 Å². The Kier molecular flexibility index (Phi) is 4.72. The Hall–Kier alpha value is -0.900. The average Bonchev–Trinajstić information content (AvgIpc) is 1.89. The summed E-state index contributed by atoms with van der Waals surface area (Å²) >= 11 is 0. The first-order chi connectivity index (χ1) is 4.31. The summed E-state index contributed by atoms with van der Waals surface area (Å²) in [5.41, 5.74) is 1.96. The molecule has 0 bridgehead atoms. The number of nitrogens with one attached hydrogen (secondary N) is 1. The lowest BCUT2D eigenvalue weighted by atomic mass is 10.2. The Morgan fingerprint density at radius 3 is 2.78 bits per heavy atom. The first kappa shape index (κ1) is 8.10. The summed E-state index contributed by atoms with van der Waals surface area (Å²) in [6.45, 7) is 0. The van der Waals surface area contributed by atoms with Crippen molar-refractivity contribution in [1.82, 2.24) is 5.43 Å². The molecule has 0 aromatic carbocycles. The topological polar surface area (TPSA) is 72.2 Å². The van der Waals surface area contributed by atoms with Gasteiger partial charge in [-0.15, -0.1) is 0 Å². The van der Waals surface area contributed by atoms with Gasteiger partial charge >= 0.3 is 0 Å². The van der Waals surface area contributed by atoms with Crippen molar-refractivity contribution >= 4 is 12.2 Å². The smallest absolute Gasteiger partial charge is 0.233 e. The van der Waals surface area contributed by atoms with Crippen LogP contribution >= 0.6 is 0 Å². The molecule has 1 radical (unpaired) electrons. The summed E-state index contributed by atoms with van der Waals surface area (Å²) in [5, 5.41) is 0. The van der Waals surface area contributed by atoms with E-state index in [1.807, 2.05) is 5.43 Å². The standard InChI is InChI=1S/C5H9N2O2/c6-7-5(9)3-1-2-4-8/h1-3,6H2,(H,7,9). The van der Waals surface area contributed by atoms with E-state index >= 15 is 0 Å². The quantitative estimate of drug-likeness (QED) is 0.227. The molecule has 4 heteroatoms. The highest BCUT2D eigenvalue weighted by atomic mass is 16.2. The van der Waals surface area contributed by atoms with Crippen molar-refractivity contribution < 1.29 is 9.59 Å². The molecule has 51 valence electrons. The fourth-order valence-corrected chi connectivity index (χ4v) is 0.393. The lowest BCUT2D eigenvalue weighted by molar-refractivity contribution is -0.121. The average molecular weight is 129 g/mol. The highest BCUT2D eigenvalue weighted by molar-refractivity contribution is 5.75. The van der Waals surface area contributed by atoms with Crippen LogP contribution in [0.4, 0.5) is 0 Å². The van der Waals surface area contributed by atoms with Gasteiger partial charge in [0, 0.05) is 12.8 Å². The van der Waals surface area contributed by atoms with Gasteiger partial charge in [0.25, 0.3) is 0 Å². The maximum Gasteiger partial charge on any atom is 0.233 e. The van der Waals surface area contributed by atoms with Crippen molar-refractivity contribution in [1.29, 1.82) is 0 Å². The van der Waals surface area contributed by atoms with E-state index in [1.165, 1.54) is 0 Å². The largest absolute Gasteiger partial charge is 0.294 e. The molecule has 0 aliphatic heterocycles. The van der Waals surface area contributed by atoms with E-state index in [0.29, 0.717) is 19.3 Å². The molecule has 0 saturated carbocycles. The van der Waals surface area contributed by atoms with Crippen molar-refractivity contribution in [2.45, 2.75) is 19.3 Å². The van der Waals surface area contributed by atoms with Crippen LogP contribution in [0.2, 0.25) is 0 Å². The zero-order valence-electron chi connectivity index (χ0n) is 5.02. The molecule has 0 rings (SSSR count). The van der Waals surface area contributed by atoms with Crippen molar-refractivity contribution in [2.75, 3.05) is 0 Å². The lowest BCUT2D eigenvalue weighted by Gasteiger charge is -1.93. The van der Waals surface area contributed by atoms with E-state index in [9.17, 15) is 9.59 Å². The number of nitrogens with two attached hydrogens (primary N) is 1. The summed E-state index contributed by atoms with van der Waals surface area (Å²) in [6.07, 6.45) is 2.79. The molecule has 0 heterocycles. The third-order valence-corrected chi connectivity index (χ3v) is 0.844. The minimum Gasteiger partial charge on any atom is -0.294 e. The van der Waals surface area contributed by atoms with Gasteiger partial charge in [-0.25, -0.2) is 5.84 Å². The van der Waals surface area contributed by atoms with Gasteiger partial charge in [-0.05, 0) is 6.42 Å². The van der Waals surface area contributed by atoms with Crippen LogP contribution in [-0.4, -0.2) is 12.2 Å². The monoisotopic (exact) mass is 129 g/mol. The molecule has 0 atom stereocenters. The summed E-state index contributed by atoms with van der Waals surface area (Å²) in [4.78, 5) is 19.9. The molecule has 0 unspecified atom stereocenters. The molecule has 0 spiro atoms. The number of unbranched alkanes of at least 4 members (excludes halogenated alkanes) is 1. The van der Waals surface area contributed by atoms with Crippen molar-refractivity contribution in [3.63, 3.8) is 0 Å². The summed E-state index contributed by atoms with van der Waals surface area (Å²) in [6, 6.07) is 0. The Bertz CT molecular complexity index is 103. The summed E-state index contributed by atoms with van der Waals surface area (Å²) in [5.74, 6) is 4.51. The van der Waals surface area contributed by atoms with Gasteiger partial charge in [-0.3, -0.25) is 15.0 Å². The number of hydrazine groups is 1. The molecule has 0 fully saturated rings. The summed E-state index contributed by atoms with van der Waals surface area (Å²) in [7, 11) is 0. The second-order valence-electron chi connectivity index (χ2n) is 1.57. The maximum absolute atomic E-state index is 10.3. The van der Waals surface area contributed by atoms with Crippen molar-refractivity contribution in [3.05, 3.63) is 0 Å². The molecule has 0 aliphatic rings. The molecule has 9 heavy (non-hydrogen) atoms.